The molecule has 0 saturated carbocycles. The van der Waals surface area contributed by atoms with Crippen LogP contribution < -0.4 is 16.4 Å². The third kappa shape index (κ3) is 7.29. The Bertz CT molecular complexity index is 876. The Morgan fingerprint density at radius 3 is 2.21 bits per heavy atom. The number of halogens is 2. The molecule has 0 aromatic heterocycles. The number of nitrogens with one attached hydrogen (secondary N) is 2. The van der Waals surface area contributed by atoms with E-state index in [2.05, 4.69) is 10.6 Å². The highest BCUT2D eigenvalue weighted by molar-refractivity contribution is 5.86. The summed E-state index contributed by atoms with van der Waals surface area (Å²) in [4.78, 5) is 35.2. The van der Waals surface area contributed by atoms with Crippen LogP contribution in [0, 0.1) is 0 Å². The lowest BCUT2D eigenvalue weighted by Crippen LogP contribution is -2.45. The molecule has 9 heteroatoms. The van der Waals surface area contributed by atoms with Crippen molar-refractivity contribution in [3.05, 3.63) is 59.7 Å². The maximum Gasteiger partial charge on any atom is 0.406 e. The Kier molecular flexibility index (Phi) is 9.44. The Morgan fingerprint density at radius 2 is 1.55 bits per heavy atom. The zero-order chi connectivity index (χ0) is 19.2. The van der Waals surface area contributed by atoms with E-state index in [9.17, 15) is 14.4 Å². The molecule has 29 heavy (non-hydrogen) atoms. The molecule has 1 atom stereocenters. The summed E-state index contributed by atoms with van der Waals surface area (Å²) >= 11 is 0. The van der Waals surface area contributed by atoms with E-state index in [0.717, 1.165) is 22.3 Å². The number of ether oxygens (including phenoxy) is 1. The van der Waals surface area contributed by atoms with Gasteiger partial charge in [-0.05, 0) is 28.7 Å². The average molecular weight is 440 g/mol. The third-order valence-corrected chi connectivity index (χ3v) is 4.28. The summed E-state index contributed by atoms with van der Waals surface area (Å²) in [7, 11) is 0. The fourth-order valence-corrected chi connectivity index (χ4v) is 3.02. The maximum absolute atomic E-state index is 12.1. The van der Waals surface area contributed by atoms with Crippen molar-refractivity contribution in [3.63, 3.8) is 0 Å². The molecule has 0 spiro atoms. The molecule has 156 valence electrons. The number of benzene rings is 2. The molecule has 4 N–H and O–H groups in total. The van der Waals surface area contributed by atoms with Gasteiger partial charge in [-0.15, -0.1) is 24.8 Å². The number of hydrogen-bond acceptors (Lipinski definition) is 4. The minimum absolute atomic E-state index is 0. The first-order chi connectivity index (χ1) is 13.0. The van der Waals surface area contributed by atoms with E-state index in [-0.39, 0.29) is 50.1 Å². The van der Waals surface area contributed by atoms with Crippen molar-refractivity contribution in [2.45, 2.75) is 25.5 Å². The van der Waals surface area contributed by atoms with Gasteiger partial charge < -0.3 is 21.1 Å². The molecule has 1 heterocycles. The second-order valence-corrected chi connectivity index (χ2v) is 6.37. The van der Waals surface area contributed by atoms with Crippen LogP contribution in [0.1, 0.15) is 17.5 Å². The predicted octanol–water partition coefficient (Wildman–Crippen LogP) is 2.34. The second-order valence-electron chi connectivity index (χ2n) is 6.37. The first-order valence-electron chi connectivity index (χ1n) is 8.70. The first-order valence-corrected chi connectivity index (χ1v) is 8.70. The predicted molar refractivity (Wildman–Crippen MR) is 114 cm³/mol. The van der Waals surface area contributed by atoms with E-state index in [4.69, 9.17) is 10.5 Å². The van der Waals surface area contributed by atoms with E-state index in [0.29, 0.717) is 6.42 Å². The van der Waals surface area contributed by atoms with Gasteiger partial charge in [0.05, 0.1) is 6.54 Å². The summed E-state index contributed by atoms with van der Waals surface area (Å²) in [5, 5.41) is 5.14. The van der Waals surface area contributed by atoms with Crippen LogP contribution in [0.15, 0.2) is 48.5 Å². The van der Waals surface area contributed by atoms with Crippen molar-refractivity contribution in [1.29, 1.82) is 0 Å². The summed E-state index contributed by atoms with van der Waals surface area (Å²) in [5.41, 5.74) is 9.06. The van der Waals surface area contributed by atoms with Gasteiger partial charge in [0, 0.05) is 12.8 Å². The molecule has 2 aromatic rings. The Balaban J connectivity index is 0.00000210. The van der Waals surface area contributed by atoms with E-state index in [1.807, 2.05) is 48.5 Å². The molecule has 1 aliphatic heterocycles. The van der Waals surface area contributed by atoms with Crippen molar-refractivity contribution in [2.24, 2.45) is 5.73 Å². The van der Waals surface area contributed by atoms with Crippen LogP contribution in [0.3, 0.4) is 0 Å². The molecule has 1 unspecified atom stereocenters. The number of fused-ring (bicyclic) bond motifs is 5. The normalized spacial score (nSPS) is 16.5. The van der Waals surface area contributed by atoms with E-state index in [1.165, 1.54) is 0 Å². The van der Waals surface area contributed by atoms with Crippen LogP contribution in [0.25, 0.3) is 11.1 Å². The van der Waals surface area contributed by atoms with Crippen molar-refractivity contribution >= 4 is 42.7 Å². The zero-order valence-corrected chi connectivity index (χ0v) is 17.2. The van der Waals surface area contributed by atoms with Crippen molar-refractivity contribution in [3.8, 4) is 11.1 Å². The number of carbonyl (C=O) groups is 3. The molecule has 1 aliphatic rings. The fraction of sp³-hybridized carbons (Fsp3) is 0.250. The molecule has 0 saturated heterocycles. The largest absolute Gasteiger partial charge is 0.425 e. The quantitative estimate of drug-likeness (QED) is 0.632. The number of hydrogen-bond donors (Lipinski definition) is 3. The Morgan fingerprint density at radius 1 is 0.931 bits per heavy atom. The summed E-state index contributed by atoms with van der Waals surface area (Å²) < 4.78 is 5.01. The number of primary amides is 1. The van der Waals surface area contributed by atoms with Crippen LogP contribution >= 0.6 is 24.8 Å². The van der Waals surface area contributed by atoms with Crippen LogP contribution in [0.2, 0.25) is 0 Å². The minimum atomic E-state index is -0.980. The first kappa shape index (κ1) is 24.3. The van der Waals surface area contributed by atoms with Crippen LogP contribution in [-0.2, 0) is 27.2 Å². The molecule has 0 radical (unpaired) electrons. The zero-order valence-electron chi connectivity index (χ0n) is 15.6. The molecular formula is C20H23Cl2N3O4. The molecule has 4 bridgehead atoms. The van der Waals surface area contributed by atoms with E-state index in [1.54, 1.807) is 0 Å². The van der Waals surface area contributed by atoms with E-state index < -0.39 is 18.2 Å². The lowest BCUT2D eigenvalue weighted by Gasteiger charge is -2.19. The van der Waals surface area contributed by atoms with Gasteiger partial charge >= 0.3 is 6.09 Å². The number of nitrogens with two attached hydrogens (primary N) is 1. The van der Waals surface area contributed by atoms with E-state index >= 15 is 0 Å². The molecule has 7 nitrogen and oxygen atoms in total. The van der Waals surface area contributed by atoms with Gasteiger partial charge in [0.15, 0.2) is 6.23 Å². The molecule has 0 fully saturated rings. The number of amides is 3. The second kappa shape index (κ2) is 11.3. The summed E-state index contributed by atoms with van der Waals surface area (Å²) in [6.45, 7) is -0.197. The number of aryl methyl sites for hydroxylation is 1. The lowest BCUT2D eigenvalue weighted by atomic mass is 9.98. The standard InChI is InChI=1S/C20H21N3O4.2ClH/c21-20(26)27-19-11-14-4-2-6-16(10-14)15-5-1-3-13(9-15)7-8-17(24)22-12-18(25)23-19;;/h1-6,9-10,19H,7-8,11-12H2,(H2,21,26)(H,22,24)(H,23,25);2*1H. The molecule has 0 aliphatic carbocycles. The molecular weight excluding hydrogens is 417 g/mol. The van der Waals surface area contributed by atoms with Crippen LogP contribution in [0.5, 0.6) is 0 Å². The molecule has 3 rings (SSSR count). The van der Waals surface area contributed by atoms with Gasteiger partial charge in [0.2, 0.25) is 11.8 Å². The highest BCUT2D eigenvalue weighted by Gasteiger charge is 2.17. The summed E-state index contributed by atoms with van der Waals surface area (Å²) in [6.07, 6.45) is -0.785. The smallest absolute Gasteiger partial charge is 0.406 e. The lowest BCUT2D eigenvalue weighted by molar-refractivity contribution is -0.127. The van der Waals surface area contributed by atoms with Crippen LogP contribution in [0.4, 0.5) is 4.79 Å². The van der Waals surface area contributed by atoms with Crippen molar-refractivity contribution < 1.29 is 19.1 Å². The monoisotopic (exact) mass is 439 g/mol. The SMILES string of the molecule is Cl.Cl.NC(=O)OC1Cc2cccc(c2)-c2cccc(c2)CCC(=O)NCC(=O)N1. The van der Waals surface area contributed by atoms with Gasteiger partial charge in [-0.2, -0.15) is 0 Å². The Hall–Kier alpha value is -2.77. The summed E-state index contributed by atoms with van der Waals surface area (Å²) in [6, 6.07) is 15.7. The van der Waals surface area contributed by atoms with Gasteiger partial charge in [-0.25, -0.2) is 4.79 Å². The average Bonchev–Trinajstić information content (AvgIpc) is 2.64. The number of carbonyl (C=O) groups excluding carboxylic acids is 3. The third-order valence-electron chi connectivity index (χ3n) is 4.28. The van der Waals surface area contributed by atoms with Crippen LogP contribution in [-0.4, -0.2) is 30.7 Å². The van der Waals surface area contributed by atoms with Gasteiger partial charge in [-0.3, -0.25) is 9.59 Å². The fourth-order valence-electron chi connectivity index (χ4n) is 3.02. The Labute approximate surface area is 181 Å². The van der Waals surface area contributed by atoms with Gasteiger partial charge in [0.1, 0.15) is 0 Å². The number of rotatable bonds is 1. The van der Waals surface area contributed by atoms with Gasteiger partial charge in [0.25, 0.3) is 0 Å². The molecule has 2 aromatic carbocycles. The summed E-state index contributed by atoms with van der Waals surface area (Å²) in [5.74, 6) is -0.681. The minimum Gasteiger partial charge on any atom is -0.425 e. The topological polar surface area (TPSA) is 111 Å². The van der Waals surface area contributed by atoms with Gasteiger partial charge in [-0.1, -0.05) is 48.5 Å². The van der Waals surface area contributed by atoms with Crippen molar-refractivity contribution in [2.75, 3.05) is 6.54 Å². The highest BCUT2D eigenvalue weighted by Crippen LogP contribution is 2.23. The highest BCUT2D eigenvalue weighted by atomic mass is 35.5. The maximum atomic E-state index is 12.1. The van der Waals surface area contributed by atoms with Crippen molar-refractivity contribution in [1.82, 2.24) is 10.6 Å². The molecule has 3 amide bonds.